The van der Waals surface area contributed by atoms with Crippen molar-refractivity contribution in [1.29, 1.82) is 0 Å². The third-order valence-corrected chi connectivity index (χ3v) is 6.19. The van der Waals surface area contributed by atoms with Gasteiger partial charge in [-0.05, 0) is 100 Å². The Kier molecular flexibility index (Phi) is 7.77. The molecule has 1 aromatic carbocycles. The predicted molar refractivity (Wildman–Crippen MR) is 140 cm³/mol. The number of carbonyl (C=O) groups is 1. The number of benzene rings is 1. The van der Waals surface area contributed by atoms with Gasteiger partial charge in [0.05, 0.1) is 0 Å². The van der Waals surface area contributed by atoms with Crippen LogP contribution in [0.15, 0.2) is 33.8 Å². The number of carbonyl (C=O) groups excluding carboxylic acids is 1. The zero-order chi connectivity index (χ0) is 25.3. The monoisotopic (exact) mass is 533 g/mol. The van der Waals surface area contributed by atoms with E-state index in [9.17, 15) is 9.59 Å². The van der Waals surface area contributed by atoms with Crippen molar-refractivity contribution in [3.05, 3.63) is 44.9 Å². The summed E-state index contributed by atoms with van der Waals surface area (Å²) in [7, 11) is 1.67. The summed E-state index contributed by atoms with van der Waals surface area (Å²) in [5, 5.41) is 6.05. The standard InChI is InChI=1S/C25H36BrN5O3/c1-24(2,3)31-12-8-9-16(14-31)18-11-10-17(13-19(18)28-23(33)34-25(4,5)6)27-21-22(32)30(7)15-20(26)29-21/h10-11,13,15-16H,8-9,12,14H2,1-7H3,(H,27,29)(H,28,33). The van der Waals surface area contributed by atoms with Crippen molar-refractivity contribution >= 4 is 39.2 Å². The van der Waals surface area contributed by atoms with Crippen LogP contribution in [-0.2, 0) is 11.8 Å². The van der Waals surface area contributed by atoms with Gasteiger partial charge in [0.15, 0.2) is 5.82 Å². The highest BCUT2D eigenvalue weighted by Crippen LogP contribution is 2.36. The number of ether oxygens (including phenoxy) is 1. The minimum atomic E-state index is -0.611. The van der Waals surface area contributed by atoms with E-state index in [0.29, 0.717) is 16.0 Å². The molecule has 0 bridgehead atoms. The average molecular weight is 534 g/mol. The lowest BCUT2D eigenvalue weighted by Gasteiger charge is -2.42. The molecule has 0 spiro atoms. The maximum absolute atomic E-state index is 12.7. The summed E-state index contributed by atoms with van der Waals surface area (Å²) in [6.45, 7) is 14.2. The van der Waals surface area contributed by atoms with E-state index < -0.39 is 11.7 Å². The Morgan fingerprint density at radius 3 is 2.56 bits per heavy atom. The van der Waals surface area contributed by atoms with Crippen molar-refractivity contribution in [3.8, 4) is 0 Å². The highest BCUT2D eigenvalue weighted by atomic mass is 79.9. The van der Waals surface area contributed by atoms with Crippen LogP contribution < -0.4 is 16.2 Å². The van der Waals surface area contributed by atoms with Gasteiger partial charge in [0, 0.05) is 36.7 Å². The largest absolute Gasteiger partial charge is 0.444 e. The number of anilines is 3. The molecular formula is C25H36BrN5O3. The Balaban J connectivity index is 1.95. The molecule has 34 heavy (non-hydrogen) atoms. The molecule has 2 heterocycles. The van der Waals surface area contributed by atoms with E-state index >= 15 is 0 Å². The molecule has 1 fully saturated rings. The highest BCUT2D eigenvalue weighted by molar-refractivity contribution is 9.10. The van der Waals surface area contributed by atoms with Crippen LogP contribution in [-0.4, -0.2) is 44.8 Å². The Labute approximate surface area is 210 Å². The number of piperidine rings is 1. The van der Waals surface area contributed by atoms with E-state index in [-0.39, 0.29) is 22.8 Å². The van der Waals surface area contributed by atoms with Crippen LogP contribution in [0.1, 0.15) is 65.9 Å². The summed E-state index contributed by atoms with van der Waals surface area (Å²) in [4.78, 5) is 31.9. The summed E-state index contributed by atoms with van der Waals surface area (Å²) in [5.41, 5.74) is 1.60. The van der Waals surface area contributed by atoms with Gasteiger partial charge in [0.25, 0.3) is 5.56 Å². The first-order chi connectivity index (χ1) is 15.7. The minimum absolute atomic E-state index is 0.0747. The van der Waals surface area contributed by atoms with Crippen molar-refractivity contribution < 1.29 is 9.53 Å². The Morgan fingerprint density at radius 2 is 1.91 bits per heavy atom. The number of hydrogen-bond acceptors (Lipinski definition) is 6. The highest BCUT2D eigenvalue weighted by Gasteiger charge is 2.30. The van der Waals surface area contributed by atoms with E-state index in [0.717, 1.165) is 31.5 Å². The number of nitrogens with one attached hydrogen (secondary N) is 2. The smallest absolute Gasteiger partial charge is 0.412 e. The number of aromatic nitrogens is 2. The number of nitrogens with zero attached hydrogens (tertiary/aromatic N) is 3. The van der Waals surface area contributed by atoms with Crippen LogP contribution in [0.25, 0.3) is 0 Å². The Morgan fingerprint density at radius 1 is 1.21 bits per heavy atom. The second-order valence-electron chi connectivity index (χ2n) is 10.8. The number of halogens is 1. The fraction of sp³-hybridized carbons (Fsp3) is 0.560. The molecule has 0 radical (unpaired) electrons. The van der Waals surface area contributed by atoms with Crippen molar-refractivity contribution in [3.63, 3.8) is 0 Å². The SMILES string of the molecule is Cn1cc(Br)nc(Nc2ccc(C3CCCN(C(C)(C)C)C3)c(NC(=O)OC(C)(C)C)c2)c1=O. The number of amides is 1. The average Bonchev–Trinajstić information content (AvgIpc) is 2.70. The number of rotatable bonds is 4. The number of aryl methyl sites for hydroxylation is 1. The van der Waals surface area contributed by atoms with E-state index in [1.54, 1.807) is 13.2 Å². The second kappa shape index (κ2) is 10.1. The molecule has 2 N–H and O–H groups in total. The van der Waals surface area contributed by atoms with Crippen LogP contribution in [0, 0.1) is 0 Å². The topological polar surface area (TPSA) is 88.5 Å². The molecule has 0 saturated carbocycles. The molecule has 1 aliphatic heterocycles. The van der Waals surface area contributed by atoms with E-state index in [1.807, 2.05) is 39.0 Å². The lowest BCUT2D eigenvalue weighted by Crippen LogP contribution is -2.46. The van der Waals surface area contributed by atoms with Crippen molar-refractivity contribution in [2.45, 2.75) is 71.4 Å². The van der Waals surface area contributed by atoms with E-state index in [2.05, 4.69) is 57.2 Å². The Hall–Kier alpha value is -2.39. The van der Waals surface area contributed by atoms with E-state index in [4.69, 9.17) is 4.74 Å². The maximum Gasteiger partial charge on any atom is 0.412 e. The first-order valence-corrected chi connectivity index (χ1v) is 12.4. The molecule has 8 nitrogen and oxygen atoms in total. The summed E-state index contributed by atoms with van der Waals surface area (Å²) in [6, 6.07) is 5.79. The molecule has 1 unspecified atom stereocenters. The van der Waals surface area contributed by atoms with Gasteiger partial charge in [-0.15, -0.1) is 0 Å². The first-order valence-electron chi connectivity index (χ1n) is 11.6. The molecule has 1 aliphatic rings. The molecular weight excluding hydrogens is 498 g/mol. The molecule has 1 saturated heterocycles. The first kappa shape index (κ1) is 26.2. The normalized spacial score (nSPS) is 17.4. The van der Waals surface area contributed by atoms with Crippen LogP contribution >= 0.6 is 15.9 Å². The van der Waals surface area contributed by atoms with Gasteiger partial charge in [-0.1, -0.05) is 6.07 Å². The molecule has 2 aromatic rings. The third kappa shape index (κ3) is 6.82. The fourth-order valence-electron chi connectivity index (χ4n) is 4.14. The second-order valence-corrected chi connectivity index (χ2v) is 11.7. The summed E-state index contributed by atoms with van der Waals surface area (Å²) < 4.78 is 7.52. The van der Waals surface area contributed by atoms with Gasteiger partial charge >= 0.3 is 6.09 Å². The maximum atomic E-state index is 12.7. The van der Waals surface area contributed by atoms with Gasteiger partial charge in [-0.2, -0.15) is 0 Å². The van der Waals surface area contributed by atoms with Gasteiger partial charge < -0.3 is 14.6 Å². The molecule has 1 atom stereocenters. The van der Waals surface area contributed by atoms with Crippen LogP contribution in [0.4, 0.5) is 22.0 Å². The van der Waals surface area contributed by atoms with Crippen molar-refractivity contribution in [2.24, 2.45) is 7.05 Å². The molecule has 186 valence electrons. The van der Waals surface area contributed by atoms with Gasteiger partial charge in [-0.3, -0.25) is 15.0 Å². The lowest BCUT2D eigenvalue weighted by molar-refractivity contribution is 0.0635. The summed E-state index contributed by atoms with van der Waals surface area (Å²) in [5.74, 6) is 0.466. The van der Waals surface area contributed by atoms with Gasteiger partial charge in [-0.25, -0.2) is 9.78 Å². The number of likely N-dealkylation sites (tertiary alicyclic amines) is 1. The summed E-state index contributed by atoms with van der Waals surface area (Å²) in [6.07, 6.45) is 3.23. The molecule has 0 aliphatic carbocycles. The van der Waals surface area contributed by atoms with Crippen LogP contribution in [0.2, 0.25) is 0 Å². The third-order valence-electron chi connectivity index (χ3n) is 5.80. The minimum Gasteiger partial charge on any atom is -0.444 e. The zero-order valence-electron chi connectivity index (χ0n) is 21.2. The Bertz CT molecular complexity index is 1100. The molecule has 9 heteroatoms. The van der Waals surface area contributed by atoms with Gasteiger partial charge in [0.2, 0.25) is 0 Å². The zero-order valence-corrected chi connectivity index (χ0v) is 22.7. The fourth-order valence-corrected chi connectivity index (χ4v) is 4.62. The molecule has 1 aromatic heterocycles. The lowest BCUT2D eigenvalue weighted by atomic mass is 9.87. The van der Waals surface area contributed by atoms with Crippen LogP contribution in [0.3, 0.4) is 0 Å². The van der Waals surface area contributed by atoms with Gasteiger partial charge in [0.1, 0.15) is 10.2 Å². The van der Waals surface area contributed by atoms with Crippen molar-refractivity contribution in [2.75, 3.05) is 23.7 Å². The summed E-state index contributed by atoms with van der Waals surface area (Å²) >= 11 is 3.33. The predicted octanol–water partition coefficient (Wildman–Crippen LogP) is 5.61. The molecule has 1 amide bonds. The van der Waals surface area contributed by atoms with E-state index in [1.165, 1.54) is 4.57 Å². The van der Waals surface area contributed by atoms with Crippen LogP contribution in [0.5, 0.6) is 0 Å². The number of hydrogen-bond donors (Lipinski definition) is 2. The quantitative estimate of drug-likeness (QED) is 0.530. The van der Waals surface area contributed by atoms with Crippen molar-refractivity contribution in [1.82, 2.24) is 14.5 Å². The molecule has 3 rings (SSSR count).